The highest BCUT2D eigenvalue weighted by atomic mass is 32.2. The summed E-state index contributed by atoms with van der Waals surface area (Å²) >= 11 is 1.14. The van der Waals surface area contributed by atoms with Gasteiger partial charge < -0.3 is 20.1 Å². The van der Waals surface area contributed by atoms with E-state index in [1.165, 1.54) is 32.4 Å². The first-order chi connectivity index (χ1) is 16.6. The van der Waals surface area contributed by atoms with E-state index in [0.29, 0.717) is 22.1 Å². The quantitative estimate of drug-likeness (QED) is 0.363. The summed E-state index contributed by atoms with van der Waals surface area (Å²) in [5.41, 5.74) is -0.527. The second kappa shape index (κ2) is 11.2. The van der Waals surface area contributed by atoms with Gasteiger partial charge in [0.25, 0.3) is 5.91 Å². The van der Waals surface area contributed by atoms with Crippen molar-refractivity contribution >= 4 is 35.0 Å². The maximum absolute atomic E-state index is 13.2. The summed E-state index contributed by atoms with van der Waals surface area (Å²) in [6.45, 7) is 1.58. The number of halogens is 3. The van der Waals surface area contributed by atoms with Crippen LogP contribution in [0, 0.1) is 0 Å². The first-order valence-corrected chi connectivity index (χ1v) is 11.3. The van der Waals surface area contributed by atoms with Crippen LogP contribution in [0.3, 0.4) is 0 Å². The molecule has 6 nitrogen and oxygen atoms in total. The average Bonchev–Trinajstić information content (AvgIpc) is 2.83. The molecule has 3 aromatic rings. The Kier molecular flexibility index (Phi) is 8.29. The van der Waals surface area contributed by atoms with Crippen LogP contribution in [0.5, 0.6) is 11.5 Å². The molecular formula is C25H23F3N2O4S. The molecule has 0 saturated heterocycles. The minimum Gasteiger partial charge on any atom is -0.496 e. The standard InChI is InChI=1S/C25H23F3N2O4S/c1-15(23(31)30-19-11-5-4-10-18(19)25(26,27)28)35-17-9-6-8-16(14-17)29-24(32)22-20(33-2)12-7-13-21(22)34-3/h4-15H,1-3H3,(H,29,32)(H,30,31). The van der Waals surface area contributed by atoms with Gasteiger partial charge in [0, 0.05) is 10.6 Å². The molecule has 0 aliphatic carbocycles. The van der Waals surface area contributed by atoms with Crippen LogP contribution in [-0.4, -0.2) is 31.3 Å². The zero-order valence-corrected chi connectivity index (χ0v) is 19.9. The number of anilines is 2. The molecule has 0 heterocycles. The number of methoxy groups -OCH3 is 2. The Labute approximate surface area is 204 Å². The third-order valence-corrected chi connectivity index (χ3v) is 6.01. The maximum atomic E-state index is 13.2. The minimum atomic E-state index is -4.59. The van der Waals surface area contributed by atoms with Crippen LogP contribution in [0.15, 0.2) is 71.6 Å². The van der Waals surface area contributed by atoms with Crippen LogP contribution in [0.2, 0.25) is 0 Å². The number of hydrogen-bond donors (Lipinski definition) is 2. The summed E-state index contributed by atoms with van der Waals surface area (Å²) in [5.74, 6) is -0.343. The van der Waals surface area contributed by atoms with E-state index >= 15 is 0 Å². The van der Waals surface area contributed by atoms with Crippen molar-refractivity contribution in [2.24, 2.45) is 0 Å². The van der Waals surface area contributed by atoms with E-state index in [4.69, 9.17) is 9.47 Å². The first kappa shape index (κ1) is 26.0. The van der Waals surface area contributed by atoms with Crippen molar-refractivity contribution in [3.05, 3.63) is 77.9 Å². The molecule has 2 amide bonds. The number of hydrogen-bond acceptors (Lipinski definition) is 5. The smallest absolute Gasteiger partial charge is 0.418 e. The van der Waals surface area contributed by atoms with Gasteiger partial charge in [-0.25, -0.2) is 0 Å². The zero-order valence-electron chi connectivity index (χ0n) is 19.1. The number of carbonyl (C=O) groups excluding carboxylic acids is 2. The largest absolute Gasteiger partial charge is 0.496 e. The van der Waals surface area contributed by atoms with Crippen LogP contribution in [-0.2, 0) is 11.0 Å². The molecule has 3 rings (SSSR count). The summed E-state index contributed by atoms with van der Waals surface area (Å²) in [7, 11) is 2.89. The zero-order chi connectivity index (χ0) is 25.6. The number of nitrogens with one attached hydrogen (secondary N) is 2. The summed E-state index contributed by atoms with van der Waals surface area (Å²) in [6.07, 6.45) is -4.59. The van der Waals surface area contributed by atoms with E-state index in [1.54, 1.807) is 49.4 Å². The number of para-hydroxylation sites is 1. The van der Waals surface area contributed by atoms with E-state index in [0.717, 1.165) is 17.8 Å². The second-order valence-electron chi connectivity index (χ2n) is 7.31. The van der Waals surface area contributed by atoms with Crippen molar-refractivity contribution in [1.82, 2.24) is 0 Å². The molecule has 0 aromatic heterocycles. The topological polar surface area (TPSA) is 76.7 Å². The van der Waals surface area contributed by atoms with Gasteiger partial charge in [-0.2, -0.15) is 13.2 Å². The number of alkyl halides is 3. The van der Waals surface area contributed by atoms with Crippen LogP contribution >= 0.6 is 11.8 Å². The highest BCUT2D eigenvalue weighted by Gasteiger charge is 2.34. The Morgan fingerprint density at radius 2 is 1.51 bits per heavy atom. The summed E-state index contributed by atoms with van der Waals surface area (Å²) in [4.78, 5) is 26.1. The van der Waals surface area contributed by atoms with Gasteiger partial charge in [-0.15, -0.1) is 11.8 Å². The first-order valence-electron chi connectivity index (χ1n) is 10.4. The van der Waals surface area contributed by atoms with Gasteiger partial charge in [0.1, 0.15) is 17.1 Å². The predicted molar refractivity (Wildman–Crippen MR) is 129 cm³/mol. The lowest BCUT2D eigenvalue weighted by Crippen LogP contribution is -2.24. The maximum Gasteiger partial charge on any atom is 0.418 e. The van der Waals surface area contributed by atoms with Gasteiger partial charge in [0.2, 0.25) is 5.91 Å². The predicted octanol–water partition coefficient (Wildman–Crippen LogP) is 6.09. The molecule has 0 saturated carbocycles. The molecule has 1 atom stereocenters. The fraction of sp³-hybridized carbons (Fsp3) is 0.200. The van der Waals surface area contributed by atoms with Gasteiger partial charge in [-0.05, 0) is 49.4 Å². The van der Waals surface area contributed by atoms with E-state index in [9.17, 15) is 22.8 Å². The van der Waals surface area contributed by atoms with Crippen molar-refractivity contribution in [1.29, 1.82) is 0 Å². The third kappa shape index (κ3) is 6.48. The van der Waals surface area contributed by atoms with Crippen molar-refractivity contribution in [3.63, 3.8) is 0 Å². The Balaban J connectivity index is 1.71. The monoisotopic (exact) mass is 504 g/mol. The molecule has 3 aromatic carbocycles. The van der Waals surface area contributed by atoms with Crippen molar-refractivity contribution in [2.75, 3.05) is 24.9 Å². The fourth-order valence-electron chi connectivity index (χ4n) is 3.25. The van der Waals surface area contributed by atoms with Crippen LogP contribution < -0.4 is 20.1 Å². The van der Waals surface area contributed by atoms with Gasteiger partial charge in [-0.3, -0.25) is 9.59 Å². The van der Waals surface area contributed by atoms with E-state index in [1.807, 2.05) is 0 Å². The lowest BCUT2D eigenvalue weighted by atomic mass is 10.1. The Hall–Kier alpha value is -3.66. The van der Waals surface area contributed by atoms with Gasteiger partial charge in [-0.1, -0.05) is 24.3 Å². The molecule has 0 bridgehead atoms. The van der Waals surface area contributed by atoms with Gasteiger partial charge in [0.05, 0.1) is 30.7 Å². The van der Waals surface area contributed by atoms with Crippen LogP contribution in [0.25, 0.3) is 0 Å². The number of rotatable bonds is 8. The highest BCUT2D eigenvalue weighted by Crippen LogP contribution is 2.35. The molecule has 0 aliphatic rings. The summed E-state index contributed by atoms with van der Waals surface area (Å²) in [5, 5.41) is 4.42. The minimum absolute atomic E-state index is 0.228. The number of amides is 2. The number of ether oxygens (including phenoxy) is 2. The fourth-order valence-corrected chi connectivity index (χ4v) is 4.17. The van der Waals surface area contributed by atoms with Crippen molar-refractivity contribution in [2.45, 2.75) is 23.2 Å². The van der Waals surface area contributed by atoms with Crippen LogP contribution in [0.1, 0.15) is 22.8 Å². The molecule has 35 heavy (non-hydrogen) atoms. The molecular weight excluding hydrogens is 481 g/mol. The van der Waals surface area contributed by atoms with E-state index in [-0.39, 0.29) is 11.3 Å². The molecule has 0 spiro atoms. The molecule has 10 heteroatoms. The third-order valence-electron chi connectivity index (χ3n) is 4.92. The Morgan fingerprint density at radius 3 is 2.14 bits per heavy atom. The van der Waals surface area contributed by atoms with E-state index in [2.05, 4.69) is 10.6 Å². The Bertz CT molecular complexity index is 1200. The molecule has 1 unspecified atom stereocenters. The normalized spacial score (nSPS) is 11.9. The summed E-state index contributed by atoms with van der Waals surface area (Å²) in [6, 6.07) is 16.6. The van der Waals surface area contributed by atoms with Crippen molar-refractivity contribution in [3.8, 4) is 11.5 Å². The van der Waals surface area contributed by atoms with E-state index < -0.39 is 28.8 Å². The average molecular weight is 505 g/mol. The number of benzene rings is 3. The Morgan fingerprint density at radius 1 is 0.886 bits per heavy atom. The second-order valence-corrected chi connectivity index (χ2v) is 8.73. The highest BCUT2D eigenvalue weighted by molar-refractivity contribution is 8.00. The SMILES string of the molecule is COc1cccc(OC)c1C(=O)Nc1cccc(SC(C)C(=O)Nc2ccccc2C(F)(F)F)c1. The number of carbonyl (C=O) groups is 2. The van der Waals surface area contributed by atoms with Gasteiger partial charge in [0.15, 0.2) is 0 Å². The summed E-state index contributed by atoms with van der Waals surface area (Å²) < 4.78 is 50.2. The molecule has 0 radical (unpaired) electrons. The molecule has 2 N–H and O–H groups in total. The molecule has 184 valence electrons. The molecule has 0 aliphatic heterocycles. The number of thioether (sulfide) groups is 1. The van der Waals surface area contributed by atoms with Gasteiger partial charge >= 0.3 is 6.18 Å². The lowest BCUT2D eigenvalue weighted by Gasteiger charge is -2.16. The lowest BCUT2D eigenvalue weighted by molar-refractivity contribution is -0.137. The van der Waals surface area contributed by atoms with Crippen LogP contribution in [0.4, 0.5) is 24.5 Å². The molecule has 0 fully saturated rings. The van der Waals surface area contributed by atoms with Crippen molar-refractivity contribution < 1.29 is 32.2 Å².